The van der Waals surface area contributed by atoms with E-state index in [-0.39, 0.29) is 24.4 Å². The van der Waals surface area contributed by atoms with E-state index >= 15 is 0 Å². The number of nitrogens with zero attached hydrogens (tertiary/aromatic N) is 4. The quantitative estimate of drug-likeness (QED) is 0.556. The van der Waals surface area contributed by atoms with Gasteiger partial charge in [0.05, 0.1) is 11.7 Å². The summed E-state index contributed by atoms with van der Waals surface area (Å²) in [5.74, 6) is -0.916. The molecule has 2 aromatic rings. The average molecular weight is 550 g/mol. The number of likely N-dealkylation sites (tertiary alicyclic amines) is 1. The van der Waals surface area contributed by atoms with Crippen molar-refractivity contribution in [2.24, 2.45) is 0 Å². The summed E-state index contributed by atoms with van der Waals surface area (Å²) in [6, 6.07) is 3.08. The lowest BCUT2D eigenvalue weighted by Crippen LogP contribution is -2.50. The van der Waals surface area contributed by atoms with E-state index in [4.69, 9.17) is 11.6 Å². The van der Waals surface area contributed by atoms with E-state index in [9.17, 15) is 22.4 Å². The highest BCUT2D eigenvalue weighted by atomic mass is 35.5. The van der Waals surface area contributed by atoms with E-state index in [2.05, 4.69) is 15.3 Å². The molecule has 36 heavy (non-hydrogen) atoms. The highest BCUT2D eigenvalue weighted by Gasteiger charge is 2.44. The Bertz CT molecular complexity index is 1110. The molecule has 0 unspecified atom stereocenters. The molecule has 1 amide bonds. The van der Waals surface area contributed by atoms with Crippen LogP contribution < -0.4 is 5.32 Å². The molecule has 0 bridgehead atoms. The van der Waals surface area contributed by atoms with E-state index in [1.807, 2.05) is 0 Å². The summed E-state index contributed by atoms with van der Waals surface area (Å²) in [6.45, 7) is 4.63. The monoisotopic (exact) mass is 549 g/mol. The predicted octanol–water partition coefficient (Wildman–Crippen LogP) is 4.55. The van der Waals surface area contributed by atoms with Gasteiger partial charge < -0.3 is 10.2 Å². The molecule has 2 saturated heterocycles. The zero-order chi connectivity index (χ0) is 24.9. The molecule has 12 heteroatoms. The molecular formula is C24H29Cl2F4N5O. The summed E-state index contributed by atoms with van der Waals surface area (Å²) in [7, 11) is 0. The number of rotatable bonds is 5. The first-order valence-electron chi connectivity index (χ1n) is 12.0. The topological polar surface area (TPSA) is 53.4 Å². The number of aryl methyl sites for hydroxylation is 1. The summed E-state index contributed by atoms with van der Waals surface area (Å²) < 4.78 is 56.3. The number of alkyl halides is 3. The standard InChI is InChI=1S/C24H28ClF4N5O.ClH/c1-14-10-16(26)11-17(22(14)25)23-19(32-8-5-30-6-9-32)4-7-33(23)21(35)13-34-20(24(27,28)29)12-18(31-34)15-2-3-15;/h10-12,15,19,23,30H,2-9,13H2,1H3;1H/t19-,23-;/m0./s1. The Kier molecular flexibility index (Phi) is 7.90. The van der Waals surface area contributed by atoms with Crippen LogP contribution in [0.5, 0.6) is 0 Å². The van der Waals surface area contributed by atoms with Crippen LogP contribution in [0.15, 0.2) is 18.2 Å². The number of carbonyl (C=O) groups excluding carboxylic acids is 1. The fourth-order valence-corrected chi connectivity index (χ4v) is 5.60. The number of benzene rings is 1. The Morgan fingerprint density at radius 3 is 2.47 bits per heavy atom. The van der Waals surface area contributed by atoms with Crippen LogP contribution in [0.4, 0.5) is 17.6 Å². The SMILES string of the molecule is Cc1cc(F)cc([C@H]2[C@@H](N3CCNCC3)CCN2C(=O)Cn2nc(C3CC3)cc2C(F)(F)F)c1Cl.Cl. The van der Waals surface area contributed by atoms with Crippen LogP contribution in [0.2, 0.25) is 5.02 Å². The molecule has 1 N–H and O–H groups in total. The number of piperazine rings is 1. The molecule has 3 heterocycles. The normalized spacial score (nSPS) is 23.1. The van der Waals surface area contributed by atoms with Crippen molar-refractivity contribution in [3.63, 3.8) is 0 Å². The largest absolute Gasteiger partial charge is 0.433 e. The van der Waals surface area contributed by atoms with Gasteiger partial charge in [0.2, 0.25) is 5.91 Å². The molecular weight excluding hydrogens is 521 g/mol. The van der Waals surface area contributed by atoms with Gasteiger partial charge >= 0.3 is 6.18 Å². The van der Waals surface area contributed by atoms with Gasteiger partial charge in [-0.15, -0.1) is 12.4 Å². The van der Waals surface area contributed by atoms with Crippen LogP contribution in [-0.4, -0.2) is 64.3 Å². The second-order valence-electron chi connectivity index (χ2n) is 9.68. The molecule has 2 aliphatic heterocycles. The maximum absolute atomic E-state index is 14.4. The Hall–Kier alpha value is -1.88. The molecule has 1 aliphatic carbocycles. The number of carbonyl (C=O) groups is 1. The van der Waals surface area contributed by atoms with Crippen molar-refractivity contribution in [1.29, 1.82) is 0 Å². The Labute approximate surface area is 218 Å². The minimum atomic E-state index is -4.61. The summed E-state index contributed by atoms with van der Waals surface area (Å²) in [4.78, 5) is 17.3. The van der Waals surface area contributed by atoms with Gasteiger partial charge in [-0.1, -0.05) is 11.6 Å². The first kappa shape index (κ1) is 27.2. The summed E-state index contributed by atoms with van der Waals surface area (Å²) >= 11 is 6.61. The third-order valence-electron chi connectivity index (χ3n) is 7.24. The lowest BCUT2D eigenvalue weighted by atomic mass is 9.96. The van der Waals surface area contributed by atoms with Crippen molar-refractivity contribution in [2.45, 2.75) is 56.9 Å². The fraction of sp³-hybridized carbons (Fsp3) is 0.583. The van der Waals surface area contributed by atoms with Crippen molar-refractivity contribution in [3.8, 4) is 0 Å². The van der Waals surface area contributed by atoms with E-state index < -0.39 is 36.2 Å². The molecule has 6 nitrogen and oxygen atoms in total. The van der Waals surface area contributed by atoms with Crippen molar-refractivity contribution in [2.75, 3.05) is 32.7 Å². The third-order valence-corrected chi connectivity index (χ3v) is 7.76. The zero-order valence-electron chi connectivity index (χ0n) is 19.8. The molecule has 1 aromatic carbocycles. The molecule has 2 atom stereocenters. The minimum Gasteiger partial charge on any atom is -0.332 e. The molecule has 1 aromatic heterocycles. The maximum Gasteiger partial charge on any atom is 0.433 e. The molecule has 5 rings (SSSR count). The van der Waals surface area contributed by atoms with Gasteiger partial charge in [-0.3, -0.25) is 14.4 Å². The van der Waals surface area contributed by atoms with Gasteiger partial charge in [-0.05, 0) is 55.5 Å². The molecule has 0 radical (unpaired) electrons. The van der Waals surface area contributed by atoms with Crippen LogP contribution in [-0.2, 0) is 17.5 Å². The highest BCUT2D eigenvalue weighted by molar-refractivity contribution is 6.32. The Balaban J connectivity index is 0.00000304. The predicted molar refractivity (Wildman–Crippen MR) is 130 cm³/mol. The molecule has 3 aliphatic rings. The van der Waals surface area contributed by atoms with Crippen LogP contribution in [0.3, 0.4) is 0 Å². The van der Waals surface area contributed by atoms with Crippen LogP contribution in [0.1, 0.15) is 53.7 Å². The van der Waals surface area contributed by atoms with Crippen LogP contribution in [0.25, 0.3) is 0 Å². The number of hydrogen-bond donors (Lipinski definition) is 1. The van der Waals surface area contributed by atoms with Gasteiger partial charge in [0.15, 0.2) is 0 Å². The van der Waals surface area contributed by atoms with Gasteiger partial charge in [-0.2, -0.15) is 18.3 Å². The number of aromatic nitrogens is 2. The second kappa shape index (κ2) is 10.5. The lowest BCUT2D eigenvalue weighted by Gasteiger charge is -2.38. The van der Waals surface area contributed by atoms with Crippen molar-refractivity contribution in [3.05, 3.63) is 51.6 Å². The first-order chi connectivity index (χ1) is 16.6. The summed E-state index contributed by atoms with van der Waals surface area (Å²) in [6.07, 6.45) is -2.38. The van der Waals surface area contributed by atoms with E-state index in [0.29, 0.717) is 34.8 Å². The van der Waals surface area contributed by atoms with E-state index in [0.717, 1.165) is 49.8 Å². The zero-order valence-corrected chi connectivity index (χ0v) is 21.4. The molecule has 0 spiro atoms. The van der Waals surface area contributed by atoms with Crippen molar-refractivity contribution in [1.82, 2.24) is 24.9 Å². The smallest absolute Gasteiger partial charge is 0.332 e. The van der Waals surface area contributed by atoms with Gasteiger partial charge in [0, 0.05) is 49.7 Å². The Morgan fingerprint density at radius 2 is 1.83 bits per heavy atom. The molecule has 3 fully saturated rings. The van der Waals surface area contributed by atoms with Crippen molar-refractivity contribution >= 4 is 29.9 Å². The highest BCUT2D eigenvalue weighted by Crippen LogP contribution is 2.43. The lowest BCUT2D eigenvalue weighted by molar-refractivity contribution is -0.146. The first-order valence-corrected chi connectivity index (χ1v) is 12.4. The van der Waals surface area contributed by atoms with E-state index in [1.165, 1.54) is 12.1 Å². The third kappa shape index (κ3) is 5.37. The number of hydrogen-bond acceptors (Lipinski definition) is 4. The van der Waals surface area contributed by atoms with Gasteiger partial charge in [0.25, 0.3) is 0 Å². The Morgan fingerprint density at radius 1 is 1.14 bits per heavy atom. The fourth-order valence-electron chi connectivity index (χ4n) is 5.38. The average Bonchev–Trinajstić information content (AvgIpc) is 3.41. The number of halogens is 6. The van der Waals surface area contributed by atoms with Gasteiger partial charge in [-0.25, -0.2) is 4.39 Å². The minimum absolute atomic E-state index is 0. The van der Waals surface area contributed by atoms with Gasteiger partial charge in [0.1, 0.15) is 18.1 Å². The summed E-state index contributed by atoms with van der Waals surface area (Å²) in [5.41, 5.74) is 0.515. The van der Waals surface area contributed by atoms with Crippen LogP contribution in [0, 0.1) is 12.7 Å². The number of amides is 1. The molecule has 198 valence electrons. The summed E-state index contributed by atoms with van der Waals surface area (Å²) in [5, 5.41) is 7.82. The van der Waals surface area contributed by atoms with E-state index in [1.54, 1.807) is 11.8 Å². The number of nitrogens with one attached hydrogen (secondary N) is 1. The second-order valence-corrected chi connectivity index (χ2v) is 10.1. The maximum atomic E-state index is 14.4. The van der Waals surface area contributed by atoms with Crippen molar-refractivity contribution < 1.29 is 22.4 Å². The molecule has 1 saturated carbocycles. The van der Waals surface area contributed by atoms with Crippen LogP contribution >= 0.6 is 24.0 Å².